The molecule has 0 bridgehead atoms. The zero-order valence-corrected chi connectivity index (χ0v) is 23.0. The van der Waals surface area contributed by atoms with Crippen LogP contribution in [0.1, 0.15) is 98.0 Å². The van der Waals surface area contributed by atoms with Crippen molar-refractivity contribution in [1.82, 2.24) is 9.91 Å². The van der Waals surface area contributed by atoms with Gasteiger partial charge in [0.05, 0.1) is 17.9 Å². The van der Waals surface area contributed by atoms with Crippen molar-refractivity contribution in [2.75, 3.05) is 14.1 Å². The molecule has 35 heavy (non-hydrogen) atoms. The van der Waals surface area contributed by atoms with E-state index in [-0.39, 0.29) is 18.2 Å². The minimum Gasteiger partial charge on any atom is -0.444 e. The smallest absolute Gasteiger partial charge is 0.412 e. The third kappa shape index (κ3) is 7.96. The number of hydrogen-bond acceptors (Lipinski definition) is 5. The van der Waals surface area contributed by atoms with Crippen LogP contribution in [-0.4, -0.2) is 59.3 Å². The topological polar surface area (TPSA) is 54.4 Å². The van der Waals surface area contributed by atoms with Gasteiger partial charge in [-0.2, -0.15) is 5.10 Å². The van der Waals surface area contributed by atoms with E-state index in [4.69, 9.17) is 14.6 Å². The molecule has 2 aliphatic rings. The van der Waals surface area contributed by atoms with Crippen LogP contribution in [0.25, 0.3) is 0 Å². The van der Waals surface area contributed by atoms with E-state index in [1.54, 1.807) is 0 Å². The molecule has 196 valence electrons. The van der Waals surface area contributed by atoms with Gasteiger partial charge < -0.3 is 14.5 Å². The van der Waals surface area contributed by atoms with Crippen LogP contribution in [0.4, 0.5) is 4.79 Å². The van der Waals surface area contributed by atoms with Gasteiger partial charge >= 0.3 is 6.09 Å². The van der Waals surface area contributed by atoms with Crippen molar-refractivity contribution in [1.29, 1.82) is 0 Å². The first-order chi connectivity index (χ1) is 16.5. The Morgan fingerprint density at radius 2 is 1.80 bits per heavy atom. The Bertz CT molecular complexity index is 838. The number of carbonyl (C=O) groups is 1. The van der Waals surface area contributed by atoms with E-state index in [2.05, 4.69) is 24.3 Å². The van der Waals surface area contributed by atoms with E-state index in [1.165, 1.54) is 32.1 Å². The van der Waals surface area contributed by atoms with Crippen LogP contribution >= 0.6 is 0 Å². The van der Waals surface area contributed by atoms with Crippen LogP contribution in [0.15, 0.2) is 35.4 Å². The van der Waals surface area contributed by atoms with E-state index in [1.807, 2.05) is 64.7 Å². The Morgan fingerprint density at radius 3 is 2.40 bits per heavy atom. The monoisotopic (exact) mass is 485 g/mol. The molecule has 1 aliphatic heterocycles. The van der Waals surface area contributed by atoms with Crippen LogP contribution in [0.3, 0.4) is 0 Å². The minimum atomic E-state index is -0.688. The number of benzene rings is 1. The molecule has 0 N–H and O–H groups in total. The molecule has 3 rings (SSSR count). The minimum absolute atomic E-state index is 0.00387. The van der Waals surface area contributed by atoms with Gasteiger partial charge in [-0.05, 0) is 71.8 Å². The summed E-state index contributed by atoms with van der Waals surface area (Å²) in [5.74, 6) is 0.647. The van der Waals surface area contributed by atoms with Gasteiger partial charge in [0, 0.05) is 14.1 Å². The highest BCUT2D eigenvalue weighted by atomic mass is 16.6. The maximum Gasteiger partial charge on any atom is 0.412 e. The van der Waals surface area contributed by atoms with Crippen LogP contribution in [0.2, 0.25) is 0 Å². The summed E-state index contributed by atoms with van der Waals surface area (Å²) >= 11 is 0. The predicted molar refractivity (Wildman–Crippen MR) is 143 cm³/mol. The highest BCUT2D eigenvalue weighted by molar-refractivity contribution is 6.00. The summed E-state index contributed by atoms with van der Waals surface area (Å²) in [6, 6.07) is 10.4. The molecule has 2 atom stereocenters. The lowest BCUT2D eigenvalue weighted by molar-refractivity contribution is -0.0801. The molecule has 1 aromatic rings. The van der Waals surface area contributed by atoms with Gasteiger partial charge in [-0.3, -0.25) is 4.90 Å². The van der Waals surface area contributed by atoms with E-state index in [0.29, 0.717) is 5.92 Å². The molecule has 1 aromatic carbocycles. The second-order valence-corrected chi connectivity index (χ2v) is 11.9. The molecule has 1 amide bonds. The number of hydrazone groups is 1. The number of ether oxygens (including phenoxy) is 2. The first-order valence-corrected chi connectivity index (χ1v) is 13.5. The molecule has 6 heteroatoms. The van der Waals surface area contributed by atoms with E-state index < -0.39 is 11.3 Å². The molecule has 1 saturated carbocycles. The molecule has 0 spiro atoms. The van der Waals surface area contributed by atoms with Crippen molar-refractivity contribution >= 4 is 11.8 Å². The van der Waals surface area contributed by atoms with Gasteiger partial charge in [0.1, 0.15) is 11.3 Å². The normalized spacial score (nSPS) is 23.4. The Hall–Kier alpha value is -2.08. The molecule has 6 nitrogen and oxygen atoms in total. The lowest BCUT2D eigenvalue weighted by atomic mass is 9.83. The quantitative estimate of drug-likeness (QED) is 0.299. The molecule has 1 heterocycles. The summed E-state index contributed by atoms with van der Waals surface area (Å²) in [4.78, 5) is 15.3. The molecular formula is C29H47N3O3. The number of rotatable bonds is 8. The SMILES string of the molecule is CN(C)N=C(CCCC1OC(C)(C)N(C(=O)OC(C)(C)C)[C@H]1CC1CCCCC1)c1ccccc1. The summed E-state index contributed by atoms with van der Waals surface area (Å²) in [6.45, 7) is 9.80. The van der Waals surface area contributed by atoms with Gasteiger partial charge in [0.2, 0.25) is 0 Å². The first kappa shape index (κ1) is 27.5. The van der Waals surface area contributed by atoms with Gasteiger partial charge in [0.15, 0.2) is 0 Å². The Morgan fingerprint density at radius 1 is 1.14 bits per heavy atom. The second kappa shape index (κ2) is 11.8. The third-order valence-corrected chi connectivity index (χ3v) is 7.00. The van der Waals surface area contributed by atoms with Crippen LogP contribution < -0.4 is 0 Å². The maximum absolute atomic E-state index is 13.4. The fourth-order valence-electron chi connectivity index (χ4n) is 5.61. The van der Waals surface area contributed by atoms with Crippen LogP contribution in [-0.2, 0) is 9.47 Å². The summed E-state index contributed by atoms with van der Waals surface area (Å²) in [6.07, 6.45) is 9.84. The van der Waals surface area contributed by atoms with E-state index >= 15 is 0 Å². The maximum atomic E-state index is 13.4. The Labute approximate surface area is 213 Å². The molecule has 0 radical (unpaired) electrons. The molecule has 2 fully saturated rings. The molecule has 1 aliphatic carbocycles. The number of hydrogen-bond donors (Lipinski definition) is 0. The van der Waals surface area contributed by atoms with Crippen molar-refractivity contribution in [2.24, 2.45) is 11.0 Å². The zero-order valence-electron chi connectivity index (χ0n) is 23.0. The number of amides is 1. The number of carbonyl (C=O) groups excluding carboxylic acids is 1. The van der Waals surface area contributed by atoms with E-state index in [9.17, 15) is 4.79 Å². The van der Waals surface area contributed by atoms with E-state index in [0.717, 1.165) is 37.0 Å². The van der Waals surface area contributed by atoms with Gasteiger partial charge in [0.25, 0.3) is 0 Å². The fraction of sp³-hybridized carbons (Fsp3) is 0.724. The second-order valence-electron chi connectivity index (χ2n) is 11.9. The Kier molecular flexibility index (Phi) is 9.25. The summed E-state index contributed by atoms with van der Waals surface area (Å²) in [5, 5.41) is 6.63. The Balaban J connectivity index is 1.75. The lowest BCUT2D eigenvalue weighted by Crippen LogP contribution is -2.50. The van der Waals surface area contributed by atoms with Crippen molar-refractivity contribution in [2.45, 2.75) is 116 Å². The standard InChI is InChI=1S/C29H47N3O3/c1-28(2,3)35-27(33)32-25(21-22-15-10-8-11-16-22)26(34-29(32,4)5)20-14-19-24(30-31(6)7)23-17-12-9-13-18-23/h9,12-13,17-18,22,25-26H,8,10-11,14-16,19-21H2,1-7H3/t25-,26?/m0/s1. The molecular weight excluding hydrogens is 438 g/mol. The zero-order chi connectivity index (χ0) is 25.6. The van der Waals surface area contributed by atoms with Gasteiger partial charge in [-0.15, -0.1) is 0 Å². The lowest BCUT2D eigenvalue weighted by Gasteiger charge is -2.37. The fourth-order valence-corrected chi connectivity index (χ4v) is 5.61. The summed E-state index contributed by atoms with van der Waals surface area (Å²) < 4.78 is 12.4. The van der Waals surface area contributed by atoms with Crippen LogP contribution in [0, 0.1) is 5.92 Å². The van der Waals surface area contributed by atoms with Gasteiger partial charge in [-0.1, -0.05) is 62.4 Å². The van der Waals surface area contributed by atoms with Crippen molar-refractivity contribution in [3.8, 4) is 0 Å². The van der Waals surface area contributed by atoms with Crippen molar-refractivity contribution < 1.29 is 14.3 Å². The van der Waals surface area contributed by atoms with Crippen molar-refractivity contribution in [3.63, 3.8) is 0 Å². The summed E-state index contributed by atoms with van der Waals surface area (Å²) in [7, 11) is 3.93. The number of nitrogens with zero attached hydrogens (tertiary/aromatic N) is 3. The van der Waals surface area contributed by atoms with Crippen LogP contribution in [0.5, 0.6) is 0 Å². The molecule has 0 aromatic heterocycles. The average molecular weight is 486 g/mol. The first-order valence-electron chi connectivity index (χ1n) is 13.5. The predicted octanol–water partition coefficient (Wildman–Crippen LogP) is 6.83. The van der Waals surface area contributed by atoms with Crippen molar-refractivity contribution in [3.05, 3.63) is 35.9 Å². The third-order valence-electron chi connectivity index (χ3n) is 7.00. The molecule has 1 unspecified atom stereocenters. The molecule has 1 saturated heterocycles. The largest absolute Gasteiger partial charge is 0.444 e. The highest BCUT2D eigenvalue weighted by Crippen LogP contribution is 2.40. The average Bonchev–Trinajstić information content (AvgIpc) is 3.02. The highest BCUT2D eigenvalue weighted by Gasteiger charge is 2.51. The van der Waals surface area contributed by atoms with Gasteiger partial charge in [-0.25, -0.2) is 4.79 Å². The summed E-state index contributed by atoms with van der Waals surface area (Å²) in [5.41, 5.74) is 1.02.